The summed E-state index contributed by atoms with van der Waals surface area (Å²) >= 11 is 5.34. The van der Waals surface area contributed by atoms with Crippen LogP contribution in [-0.4, -0.2) is 10.2 Å². The number of hydrogen-bond donors (Lipinski definition) is 4. The van der Waals surface area contributed by atoms with Gasteiger partial charge in [-0.25, -0.2) is 0 Å². The van der Waals surface area contributed by atoms with Crippen molar-refractivity contribution in [3.05, 3.63) is 65.2 Å². The second kappa shape index (κ2) is 7.65. The van der Waals surface area contributed by atoms with Gasteiger partial charge in [-0.05, 0) is 73.9 Å². The molecule has 0 aliphatic carbocycles. The molecule has 0 aliphatic heterocycles. The number of anilines is 1. The maximum Gasteiger partial charge on any atom is 0.189 e. The Balaban J connectivity index is 1.99. The van der Waals surface area contributed by atoms with Gasteiger partial charge in [0.05, 0.1) is 5.70 Å². The summed E-state index contributed by atoms with van der Waals surface area (Å²) in [5.41, 5.74) is 11.2. The number of para-hydroxylation sites is 1. The van der Waals surface area contributed by atoms with Crippen LogP contribution in [-0.2, 0) is 0 Å². The van der Waals surface area contributed by atoms with Gasteiger partial charge in [0.1, 0.15) is 5.75 Å². The zero-order chi connectivity index (χ0) is 16.8. The number of hydrogen-bond acceptors (Lipinski definition) is 3. The minimum atomic E-state index is 0.240. The molecular formula is C18H21N3OS. The molecular weight excluding hydrogens is 306 g/mol. The molecule has 23 heavy (non-hydrogen) atoms. The predicted molar refractivity (Wildman–Crippen MR) is 100 cm³/mol. The average molecular weight is 327 g/mol. The summed E-state index contributed by atoms with van der Waals surface area (Å²) in [6.07, 6.45) is 1.93. The molecule has 0 bridgehead atoms. The molecule has 0 unspecified atom stereocenters. The van der Waals surface area contributed by atoms with E-state index in [4.69, 9.17) is 12.2 Å². The average Bonchev–Trinajstić information content (AvgIpc) is 2.53. The molecule has 4 N–H and O–H groups in total. The summed E-state index contributed by atoms with van der Waals surface area (Å²) in [6.45, 7) is 6.01. The molecule has 0 aliphatic rings. The van der Waals surface area contributed by atoms with Gasteiger partial charge in [0, 0.05) is 5.69 Å². The number of allylic oxidation sites excluding steroid dienone is 1. The van der Waals surface area contributed by atoms with Crippen molar-refractivity contribution in [2.45, 2.75) is 20.8 Å². The Bertz CT molecular complexity index is 703. The van der Waals surface area contributed by atoms with Crippen molar-refractivity contribution in [2.75, 3.05) is 5.32 Å². The fourth-order valence-corrected chi connectivity index (χ4v) is 2.39. The van der Waals surface area contributed by atoms with Crippen molar-refractivity contribution in [1.29, 1.82) is 0 Å². The molecule has 0 aromatic heterocycles. The van der Waals surface area contributed by atoms with Crippen molar-refractivity contribution >= 4 is 28.7 Å². The lowest BCUT2D eigenvalue weighted by molar-refractivity contribution is 0.475. The Labute approximate surface area is 142 Å². The Hall–Kier alpha value is -2.53. The van der Waals surface area contributed by atoms with Crippen molar-refractivity contribution < 1.29 is 5.11 Å². The third-order valence-electron chi connectivity index (χ3n) is 3.50. The second-order valence-corrected chi connectivity index (χ2v) is 5.63. The van der Waals surface area contributed by atoms with Gasteiger partial charge in [-0.2, -0.15) is 0 Å². The number of phenolic OH excluding ortho intramolecular Hbond substituents is 1. The van der Waals surface area contributed by atoms with E-state index in [-0.39, 0.29) is 5.75 Å². The van der Waals surface area contributed by atoms with Crippen LogP contribution in [0.2, 0.25) is 0 Å². The van der Waals surface area contributed by atoms with Crippen LogP contribution in [0.15, 0.2) is 48.5 Å². The number of hydrazine groups is 1. The Morgan fingerprint density at radius 2 is 1.61 bits per heavy atom. The van der Waals surface area contributed by atoms with E-state index in [2.05, 4.69) is 16.2 Å². The smallest absolute Gasteiger partial charge is 0.189 e. The van der Waals surface area contributed by atoms with Crippen LogP contribution < -0.4 is 16.2 Å². The number of rotatable bonds is 4. The standard InChI is InChI=1S/C18H21N3OS/c1-4-16(14-8-10-15(22)11-9-14)20-21-18(23)19-17-12(2)6-5-7-13(17)3/h4-11,20,22H,1-3H3,(H2,19,21,23)/b16-4-. The third kappa shape index (κ3) is 4.47. The van der Waals surface area contributed by atoms with Gasteiger partial charge < -0.3 is 10.4 Å². The number of aryl methyl sites for hydroxylation is 2. The summed E-state index contributed by atoms with van der Waals surface area (Å²) in [5, 5.41) is 13.1. The van der Waals surface area contributed by atoms with Gasteiger partial charge in [-0.3, -0.25) is 10.9 Å². The summed E-state index contributed by atoms with van der Waals surface area (Å²) in [6, 6.07) is 13.1. The molecule has 2 rings (SSSR count). The van der Waals surface area contributed by atoms with E-state index < -0.39 is 0 Å². The molecule has 4 nitrogen and oxygen atoms in total. The van der Waals surface area contributed by atoms with Crippen LogP contribution in [0.3, 0.4) is 0 Å². The van der Waals surface area contributed by atoms with E-state index in [1.807, 2.05) is 57.2 Å². The van der Waals surface area contributed by atoms with E-state index in [9.17, 15) is 5.11 Å². The minimum Gasteiger partial charge on any atom is -0.508 e. The largest absolute Gasteiger partial charge is 0.508 e. The summed E-state index contributed by atoms with van der Waals surface area (Å²) < 4.78 is 0. The third-order valence-corrected chi connectivity index (χ3v) is 3.70. The SMILES string of the molecule is C/C=C(\NNC(=S)Nc1c(C)cccc1C)c1ccc(O)cc1. The van der Waals surface area contributed by atoms with Gasteiger partial charge in [-0.15, -0.1) is 0 Å². The van der Waals surface area contributed by atoms with E-state index >= 15 is 0 Å². The molecule has 2 aromatic rings. The van der Waals surface area contributed by atoms with Crippen molar-refractivity contribution in [1.82, 2.24) is 10.9 Å². The molecule has 0 amide bonds. The molecule has 0 radical (unpaired) electrons. The van der Waals surface area contributed by atoms with E-state index in [1.54, 1.807) is 12.1 Å². The molecule has 2 aromatic carbocycles. The van der Waals surface area contributed by atoms with Gasteiger partial charge in [0.15, 0.2) is 5.11 Å². The monoisotopic (exact) mass is 327 g/mol. The number of benzene rings is 2. The van der Waals surface area contributed by atoms with Crippen LogP contribution in [0.25, 0.3) is 5.70 Å². The topological polar surface area (TPSA) is 56.3 Å². The van der Waals surface area contributed by atoms with Gasteiger partial charge >= 0.3 is 0 Å². The van der Waals surface area contributed by atoms with Gasteiger partial charge in [-0.1, -0.05) is 24.3 Å². The predicted octanol–water partition coefficient (Wildman–Crippen LogP) is 3.86. The van der Waals surface area contributed by atoms with Gasteiger partial charge in [0.25, 0.3) is 0 Å². The Morgan fingerprint density at radius 3 is 2.17 bits per heavy atom. The molecule has 0 spiro atoms. The molecule has 0 saturated heterocycles. The molecule has 120 valence electrons. The Morgan fingerprint density at radius 1 is 1.00 bits per heavy atom. The molecule has 0 heterocycles. The lowest BCUT2D eigenvalue weighted by atomic mass is 10.1. The van der Waals surface area contributed by atoms with Crippen molar-refractivity contribution in [3.8, 4) is 5.75 Å². The molecule has 5 heteroatoms. The van der Waals surface area contributed by atoms with Crippen LogP contribution in [0.4, 0.5) is 5.69 Å². The first-order valence-corrected chi connectivity index (χ1v) is 7.77. The molecule has 0 atom stereocenters. The number of phenols is 1. The quantitative estimate of drug-likeness (QED) is 0.507. The summed E-state index contributed by atoms with van der Waals surface area (Å²) in [5.74, 6) is 0.240. The van der Waals surface area contributed by atoms with Crippen LogP contribution in [0.1, 0.15) is 23.6 Å². The first kappa shape index (κ1) is 16.8. The molecule has 0 saturated carbocycles. The summed E-state index contributed by atoms with van der Waals surface area (Å²) in [4.78, 5) is 0. The fourth-order valence-electron chi connectivity index (χ4n) is 2.23. The number of thiocarbonyl (C=S) groups is 1. The van der Waals surface area contributed by atoms with E-state index in [0.29, 0.717) is 5.11 Å². The van der Waals surface area contributed by atoms with Crippen LogP contribution >= 0.6 is 12.2 Å². The highest BCUT2D eigenvalue weighted by Crippen LogP contribution is 2.19. The first-order valence-electron chi connectivity index (χ1n) is 7.36. The normalized spacial score (nSPS) is 11.0. The van der Waals surface area contributed by atoms with E-state index in [0.717, 1.165) is 28.1 Å². The Kier molecular flexibility index (Phi) is 5.60. The zero-order valence-electron chi connectivity index (χ0n) is 13.5. The first-order chi connectivity index (χ1) is 11.0. The highest BCUT2D eigenvalue weighted by molar-refractivity contribution is 7.80. The lowest BCUT2D eigenvalue weighted by Gasteiger charge is -2.17. The highest BCUT2D eigenvalue weighted by atomic mass is 32.1. The van der Waals surface area contributed by atoms with Crippen molar-refractivity contribution in [2.24, 2.45) is 0 Å². The second-order valence-electron chi connectivity index (χ2n) is 5.22. The van der Waals surface area contributed by atoms with Gasteiger partial charge in [0.2, 0.25) is 0 Å². The fraction of sp³-hybridized carbons (Fsp3) is 0.167. The summed E-state index contributed by atoms with van der Waals surface area (Å²) in [7, 11) is 0. The van der Waals surface area contributed by atoms with Crippen LogP contribution in [0.5, 0.6) is 5.75 Å². The van der Waals surface area contributed by atoms with E-state index in [1.165, 1.54) is 0 Å². The highest BCUT2D eigenvalue weighted by Gasteiger charge is 2.05. The molecule has 0 fully saturated rings. The zero-order valence-corrected chi connectivity index (χ0v) is 14.3. The maximum atomic E-state index is 9.36. The van der Waals surface area contributed by atoms with Crippen molar-refractivity contribution in [3.63, 3.8) is 0 Å². The minimum absolute atomic E-state index is 0.240. The maximum absolute atomic E-state index is 9.36. The van der Waals surface area contributed by atoms with Crippen LogP contribution in [0, 0.1) is 13.8 Å². The lowest BCUT2D eigenvalue weighted by Crippen LogP contribution is -2.39. The number of nitrogens with one attached hydrogen (secondary N) is 3. The number of aromatic hydroxyl groups is 1.